The highest BCUT2D eigenvalue weighted by molar-refractivity contribution is 5.40. The largest absolute Gasteiger partial charge is 0.485 e. The summed E-state index contributed by atoms with van der Waals surface area (Å²) < 4.78 is 10.8. The first kappa shape index (κ1) is 13.5. The second kappa shape index (κ2) is 5.84. The summed E-state index contributed by atoms with van der Waals surface area (Å²) in [6, 6.07) is 5.65. The molecule has 0 atom stereocenters. The van der Waals surface area contributed by atoms with Crippen LogP contribution in [0, 0.1) is 6.92 Å². The van der Waals surface area contributed by atoms with Crippen LogP contribution in [0.2, 0.25) is 0 Å². The van der Waals surface area contributed by atoms with Gasteiger partial charge >= 0.3 is 0 Å². The van der Waals surface area contributed by atoms with Crippen molar-refractivity contribution in [2.24, 2.45) is 0 Å². The minimum Gasteiger partial charge on any atom is -0.485 e. The van der Waals surface area contributed by atoms with Crippen molar-refractivity contribution in [1.29, 1.82) is 0 Å². The molecule has 0 amide bonds. The normalized spacial score (nSPS) is 11.0. The Labute approximate surface area is 112 Å². The molecular formula is C14H18N2O3. The Hall–Kier alpha value is -1.88. The van der Waals surface area contributed by atoms with Crippen molar-refractivity contribution in [2.75, 3.05) is 0 Å². The molecule has 0 saturated heterocycles. The van der Waals surface area contributed by atoms with Gasteiger partial charge in [0.05, 0.1) is 6.61 Å². The van der Waals surface area contributed by atoms with E-state index in [1.54, 1.807) is 0 Å². The number of aliphatic hydroxyl groups excluding tert-OH is 1. The lowest BCUT2D eigenvalue weighted by atomic mass is 10.1. The molecule has 0 spiro atoms. The van der Waals surface area contributed by atoms with E-state index in [1.165, 1.54) is 0 Å². The van der Waals surface area contributed by atoms with E-state index in [4.69, 9.17) is 9.26 Å². The Kier molecular flexibility index (Phi) is 4.16. The molecule has 0 aliphatic heterocycles. The summed E-state index contributed by atoms with van der Waals surface area (Å²) in [5.74, 6) is 2.00. The third-order valence-corrected chi connectivity index (χ3v) is 2.79. The molecule has 0 saturated carbocycles. The van der Waals surface area contributed by atoms with E-state index in [1.807, 2.05) is 39.0 Å². The van der Waals surface area contributed by atoms with Gasteiger partial charge in [0.2, 0.25) is 11.7 Å². The smallest absolute Gasteiger partial charge is 0.229 e. The van der Waals surface area contributed by atoms with Gasteiger partial charge in [-0.1, -0.05) is 37.2 Å². The van der Waals surface area contributed by atoms with Crippen LogP contribution >= 0.6 is 0 Å². The second-order valence-electron chi connectivity index (χ2n) is 4.71. The van der Waals surface area contributed by atoms with Gasteiger partial charge in [0.15, 0.2) is 6.61 Å². The summed E-state index contributed by atoms with van der Waals surface area (Å²) in [5, 5.41) is 13.2. The van der Waals surface area contributed by atoms with Crippen molar-refractivity contribution in [1.82, 2.24) is 10.1 Å². The number of hydrogen-bond acceptors (Lipinski definition) is 5. The van der Waals surface area contributed by atoms with E-state index in [-0.39, 0.29) is 19.1 Å². The predicted molar refractivity (Wildman–Crippen MR) is 69.8 cm³/mol. The fraction of sp³-hybridized carbons (Fsp3) is 0.429. The van der Waals surface area contributed by atoms with Crippen LogP contribution in [-0.2, 0) is 13.2 Å². The molecule has 19 heavy (non-hydrogen) atoms. The zero-order valence-electron chi connectivity index (χ0n) is 11.4. The minimum absolute atomic E-state index is 0.0551. The number of ether oxygens (including phenoxy) is 1. The zero-order valence-corrected chi connectivity index (χ0v) is 11.4. The molecule has 0 fully saturated rings. The van der Waals surface area contributed by atoms with Crippen LogP contribution < -0.4 is 4.74 Å². The summed E-state index contributed by atoms with van der Waals surface area (Å²) in [6.45, 7) is 6.09. The van der Waals surface area contributed by atoms with E-state index >= 15 is 0 Å². The van der Waals surface area contributed by atoms with E-state index < -0.39 is 0 Å². The fourth-order valence-electron chi connectivity index (χ4n) is 1.74. The van der Waals surface area contributed by atoms with Crippen LogP contribution in [0.1, 0.15) is 42.6 Å². The Morgan fingerprint density at radius 2 is 2.16 bits per heavy atom. The number of aliphatic hydroxyl groups is 1. The molecule has 5 heteroatoms. The van der Waals surface area contributed by atoms with Crippen molar-refractivity contribution >= 4 is 0 Å². The molecule has 102 valence electrons. The highest BCUT2D eigenvalue weighted by Gasteiger charge is 2.12. The van der Waals surface area contributed by atoms with E-state index in [2.05, 4.69) is 10.1 Å². The molecule has 1 heterocycles. The van der Waals surface area contributed by atoms with Crippen molar-refractivity contribution in [3.63, 3.8) is 0 Å². The number of aromatic nitrogens is 2. The van der Waals surface area contributed by atoms with Crippen molar-refractivity contribution < 1.29 is 14.4 Å². The van der Waals surface area contributed by atoms with E-state index in [0.717, 1.165) is 11.1 Å². The third kappa shape index (κ3) is 3.12. The average Bonchev–Trinajstić information content (AvgIpc) is 2.86. The summed E-state index contributed by atoms with van der Waals surface area (Å²) in [4.78, 5) is 4.24. The minimum atomic E-state index is -0.0551. The van der Waals surface area contributed by atoms with Crippen molar-refractivity contribution in [3.05, 3.63) is 41.0 Å². The molecule has 0 radical (unpaired) electrons. The quantitative estimate of drug-likeness (QED) is 0.896. The number of rotatable bonds is 5. The van der Waals surface area contributed by atoms with Gasteiger partial charge in [0.1, 0.15) is 5.75 Å². The molecule has 2 rings (SSSR count). The van der Waals surface area contributed by atoms with Gasteiger partial charge in [-0.2, -0.15) is 4.98 Å². The molecular weight excluding hydrogens is 244 g/mol. The maximum Gasteiger partial charge on any atom is 0.229 e. The standard InChI is InChI=1S/C14H18N2O3/c1-9(2)14-15-12(16-19-14)8-18-13-10(3)5-4-6-11(13)7-17/h4-6,9,17H,7-8H2,1-3H3. The van der Waals surface area contributed by atoms with Crippen molar-refractivity contribution in [3.8, 4) is 5.75 Å². The predicted octanol–water partition coefficient (Wildman–Crippen LogP) is 2.57. The van der Waals surface area contributed by atoms with Crippen LogP contribution in [0.3, 0.4) is 0 Å². The van der Waals surface area contributed by atoms with Gasteiger partial charge in [0, 0.05) is 11.5 Å². The van der Waals surface area contributed by atoms with Gasteiger partial charge in [-0.25, -0.2) is 0 Å². The summed E-state index contributed by atoms with van der Waals surface area (Å²) in [6.07, 6.45) is 0. The molecule has 0 bridgehead atoms. The lowest BCUT2D eigenvalue weighted by Gasteiger charge is -2.11. The Morgan fingerprint density at radius 1 is 1.37 bits per heavy atom. The topological polar surface area (TPSA) is 68.4 Å². The molecule has 1 aromatic carbocycles. The number of benzene rings is 1. The monoisotopic (exact) mass is 262 g/mol. The number of hydrogen-bond donors (Lipinski definition) is 1. The summed E-state index contributed by atoms with van der Waals surface area (Å²) >= 11 is 0. The molecule has 1 N–H and O–H groups in total. The fourth-order valence-corrected chi connectivity index (χ4v) is 1.74. The molecule has 0 aliphatic rings. The Balaban J connectivity index is 2.09. The third-order valence-electron chi connectivity index (χ3n) is 2.79. The zero-order chi connectivity index (χ0) is 13.8. The second-order valence-corrected chi connectivity index (χ2v) is 4.71. The van der Waals surface area contributed by atoms with Crippen LogP contribution in [0.25, 0.3) is 0 Å². The molecule has 1 aromatic heterocycles. The van der Waals surface area contributed by atoms with Crippen LogP contribution in [0.15, 0.2) is 22.7 Å². The summed E-state index contributed by atoms with van der Waals surface area (Å²) in [5.41, 5.74) is 1.73. The number of aryl methyl sites for hydroxylation is 1. The molecule has 0 unspecified atom stereocenters. The highest BCUT2D eigenvalue weighted by atomic mass is 16.5. The summed E-state index contributed by atoms with van der Waals surface area (Å²) in [7, 11) is 0. The van der Waals surface area contributed by atoms with Crippen LogP contribution in [0.4, 0.5) is 0 Å². The SMILES string of the molecule is Cc1cccc(CO)c1OCc1noc(C(C)C)n1. The van der Waals surface area contributed by atoms with Gasteiger partial charge in [0.25, 0.3) is 0 Å². The maximum atomic E-state index is 9.29. The van der Waals surface area contributed by atoms with Gasteiger partial charge in [-0.05, 0) is 12.5 Å². The average molecular weight is 262 g/mol. The molecule has 5 nitrogen and oxygen atoms in total. The van der Waals surface area contributed by atoms with Crippen molar-refractivity contribution in [2.45, 2.75) is 39.9 Å². The van der Waals surface area contributed by atoms with Gasteiger partial charge < -0.3 is 14.4 Å². The lowest BCUT2D eigenvalue weighted by molar-refractivity contribution is 0.251. The number of para-hydroxylation sites is 1. The van der Waals surface area contributed by atoms with Gasteiger partial charge in [-0.3, -0.25) is 0 Å². The van der Waals surface area contributed by atoms with Crippen LogP contribution in [0.5, 0.6) is 5.75 Å². The first-order chi connectivity index (χ1) is 9.11. The Morgan fingerprint density at radius 3 is 2.79 bits per heavy atom. The van der Waals surface area contributed by atoms with Gasteiger partial charge in [-0.15, -0.1) is 0 Å². The first-order valence-electron chi connectivity index (χ1n) is 6.26. The number of nitrogens with zero attached hydrogens (tertiary/aromatic N) is 2. The molecule has 0 aliphatic carbocycles. The molecule has 2 aromatic rings. The highest BCUT2D eigenvalue weighted by Crippen LogP contribution is 2.24. The lowest BCUT2D eigenvalue weighted by Crippen LogP contribution is -2.02. The maximum absolute atomic E-state index is 9.29. The van der Waals surface area contributed by atoms with E-state index in [9.17, 15) is 5.11 Å². The van der Waals surface area contributed by atoms with E-state index in [0.29, 0.717) is 17.5 Å². The Bertz CT molecular complexity index is 549. The first-order valence-corrected chi connectivity index (χ1v) is 6.26. The van der Waals surface area contributed by atoms with Crippen LogP contribution in [-0.4, -0.2) is 15.2 Å².